The summed E-state index contributed by atoms with van der Waals surface area (Å²) in [5, 5.41) is 0.739. The van der Waals surface area contributed by atoms with E-state index in [0.29, 0.717) is 0 Å². The van der Waals surface area contributed by atoms with Crippen LogP contribution in [-0.4, -0.2) is 0 Å². The van der Waals surface area contributed by atoms with Crippen molar-refractivity contribution in [2.75, 3.05) is 0 Å². The molecule has 0 aliphatic rings. The van der Waals surface area contributed by atoms with Gasteiger partial charge in [0.1, 0.15) is 11.5 Å². The molecule has 0 saturated carbocycles. The van der Waals surface area contributed by atoms with Crippen molar-refractivity contribution in [2.45, 2.75) is 19.9 Å². The minimum absolute atomic E-state index is 0.0606. The van der Waals surface area contributed by atoms with Crippen LogP contribution in [-0.2, 0) is 0 Å². The van der Waals surface area contributed by atoms with E-state index < -0.39 is 0 Å². The highest BCUT2D eigenvalue weighted by atomic mass is 35.5. The standard InChI is InChI=1S/C15H16ClNO/c1-10-9-12(7-8-14(10)16)18-15-6-4-3-5-13(15)11(2)17/h3-9,11H,17H2,1-2H3. The first-order valence-electron chi connectivity index (χ1n) is 5.86. The SMILES string of the molecule is Cc1cc(Oc2ccccc2C(C)N)ccc1Cl. The fourth-order valence-electron chi connectivity index (χ4n) is 1.76. The van der Waals surface area contributed by atoms with Crippen molar-refractivity contribution in [3.05, 3.63) is 58.6 Å². The monoisotopic (exact) mass is 261 g/mol. The van der Waals surface area contributed by atoms with Gasteiger partial charge in [0, 0.05) is 16.6 Å². The van der Waals surface area contributed by atoms with Gasteiger partial charge in [0.15, 0.2) is 0 Å². The molecule has 1 atom stereocenters. The first-order valence-corrected chi connectivity index (χ1v) is 6.24. The van der Waals surface area contributed by atoms with Crippen molar-refractivity contribution in [3.63, 3.8) is 0 Å². The lowest BCUT2D eigenvalue weighted by Gasteiger charge is -2.14. The first-order chi connectivity index (χ1) is 8.58. The number of hydrogen-bond acceptors (Lipinski definition) is 2. The van der Waals surface area contributed by atoms with Crippen LogP contribution in [0.5, 0.6) is 11.5 Å². The van der Waals surface area contributed by atoms with Gasteiger partial charge in [0.25, 0.3) is 0 Å². The molecule has 0 fully saturated rings. The Balaban J connectivity index is 2.31. The summed E-state index contributed by atoms with van der Waals surface area (Å²) in [5.74, 6) is 1.55. The Morgan fingerprint density at radius 3 is 2.56 bits per heavy atom. The maximum atomic E-state index is 5.99. The molecule has 1 unspecified atom stereocenters. The van der Waals surface area contributed by atoms with Gasteiger partial charge in [-0.3, -0.25) is 0 Å². The third kappa shape index (κ3) is 2.84. The third-order valence-corrected chi connectivity index (χ3v) is 3.19. The molecule has 2 rings (SSSR count). The van der Waals surface area contributed by atoms with Crippen LogP contribution in [0.4, 0.5) is 0 Å². The number of halogens is 1. The smallest absolute Gasteiger partial charge is 0.132 e. The van der Waals surface area contributed by atoms with Crippen LogP contribution in [0.15, 0.2) is 42.5 Å². The molecule has 2 aromatic carbocycles. The molecule has 0 saturated heterocycles. The number of rotatable bonds is 3. The number of nitrogens with two attached hydrogens (primary N) is 1. The van der Waals surface area contributed by atoms with E-state index in [4.69, 9.17) is 22.1 Å². The van der Waals surface area contributed by atoms with Crippen molar-refractivity contribution < 1.29 is 4.74 Å². The lowest BCUT2D eigenvalue weighted by molar-refractivity contribution is 0.472. The molecule has 2 nitrogen and oxygen atoms in total. The maximum absolute atomic E-state index is 5.99. The molecule has 0 bridgehead atoms. The van der Waals surface area contributed by atoms with Crippen molar-refractivity contribution in [2.24, 2.45) is 5.73 Å². The van der Waals surface area contributed by atoms with Gasteiger partial charge < -0.3 is 10.5 Å². The summed E-state index contributed by atoms with van der Waals surface area (Å²) in [7, 11) is 0. The second-order valence-electron chi connectivity index (χ2n) is 4.34. The molecule has 0 amide bonds. The zero-order valence-corrected chi connectivity index (χ0v) is 11.2. The summed E-state index contributed by atoms with van der Waals surface area (Å²) in [5.41, 5.74) is 7.90. The summed E-state index contributed by atoms with van der Waals surface area (Å²) < 4.78 is 5.87. The van der Waals surface area contributed by atoms with Crippen LogP contribution >= 0.6 is 11.6 Å². The second-order valence-corrected chi connectivity index (χ2v) is 4.75. The van der Waals surface area contributed by atoms with E-state index in [-0.39, 0.29) is 6.04 Å². The highest BCUT2D eigenvalue weighted by Crippen LogP contribution is 2.30. The molecule has 18 heavy (non-hydrogen) atoms. The zero-order valence-electron chi connectivity index (χ0n) is 10.5. The summed E-state index contributed by atoms with van der Waals surface area (Å²) in [6, 6.07) is 13.3. The molecular weight excluding hydrogens is 246 g/mol. The van der Waals surface area contributed by atoms with Gasteiger partial charge in [-0.1, -0.05) is 29.8 Å². The van der Waals surface area contributed by atoms with Crippen LogP contribution in [0, 0.1) is 6.92 Å². The second kappa shape index (κ2) is 5.42. The van der Waals surface area contributed by atoms with Crippen LogP contribution in [0.1, 0.15) is 24.1 Å². The Labute approximate surface area is 112 Å². The van der Waals surface area contributed by atoms with E-state index in [0.717, 1.165) is 27.6 Å². The number of aryl methyl sites for hydroxylation is 1. The third-order valence-electron chi connectivity index (χ3n) is 2.77. The van der Waals surface area contributed by atoms with Crippen LogP contribution < -0.4 is 10.5 Å². The van der Waals surface area contributed by atoms with Gasteiger partial charge in [-0.15, -0.1) is 0 Å². The van der Waals surface area contributed by atoms with Crippen LogP contribution in [0.3, 0.4) is 0 Å². The highest BCUT2D eigenvalue weighted by molar-refractivity contribution is 6.31. The Kier molecular flexibility index (Phi) is 3.90. The number of ether oxygens (including phenoxy) is 1. The van der Waals surface area contributed by atoms with E-state index in [9.17, 15) is 0 Å². The van der Waals surface area contributed by atoms with Gasteiger partial charge in [0.2, 0.25) is 0 Å². The molecule has 0 radical (unpaired) electrons. The van der Waals surface area contributed by atoms with Crippen molar-refractivity contribution >= 4 is 11.6 Å². The van der Waals surface area contributed by atoms with E-state index in [2.05, 4.69) is 0 Å². The molecule has 0 aliphatic heterocycles. The zero-order chi connectivity index (χ0) is 13.1. The number of benzene rings is 2. The molecule has 0 aromatic heterocycles. The predicted molar refractivity (Wildman–Crippen MR) is 75.3 cm³/mol. The molecule has 3 heteroatoms. The molecule has 94 valence electrons. The lowest BCUT2D eigenvalue weighted by Crippen LogP contribution is -2.06. The summed E-state index contributed by atoms with van der Waals surface area (Å²) in [4.78, 5) is 0. The molecule has 0 spiro atoms. The van der Waals surface area contributed by atoms with Crippen LogP contribution in [0.25, 0.3) is 0 Å². The van der Waals surface area contributed by atoms with Gasteiger partial charge in [-0.05, 0) is 43.7 Å². The topological polar surface area (TPSA) is 35.2 Å². The Bertz CT molecular complexity index is 552. The average Bonchev–Trinajstić information content (AvgIpc) is 2.34. The number of hydrogen-bond donors (Lipinski definition) is 1. The van der Waals surface area contributed by atoms with Crippen LogP contribution in [0.2, 0.25) is 5.02 Å². The summed E-state index contributed by atoms with van der Waals surface area (Å²) >= 11 is 5.99. The molecule has 0 heterocycles. The minimum atomic E-state index is -0.0606. The predicted octanol–water partition coefficient (Wildman–Crippen LogP) is 4.46. The number of para-hydroxylation sites is 1. The Morgan fingerprint density at radius 1 is 1.17 bits per heavy atom. The fraction of sp³-hybridized carbons (Fsp3) is 0.200. The van der Waals surface area contributed by atoms with Crippen molar-refractivity contribution in [1.82, 2.24) is 0 Å². The van der Waals surface area contributed by atoms with Crippen molar-refractivity contribution in [1.29, 1.82) is 0 Å². The Morgan fingerprint density at radius 2 is 1.89 bits per heavy atom. The Hall–Kier alpha value is -1.51. The molecule has 0 aliphatic carbocycles. The average molecular weight is 262 g/mol. The van der Waals surface area contributed by atoms with Gasteiger partial charge >= 0.3 is 0 Å². The minimum Gasteiger partial charge on any atom is -0.457 e. The maximum Gasteiger partial charge on any atom is 0.132 e. The van der Waals surface area contributed by atoms with E-state index in [1.165, 1.54) is 0 Å². The quantitative estimate of drug-likeness (QED) is 0.885. The summed E-state index contributed by atoms with van der Waals surface area (Å²) in [6.45, 7) is 3.89. The molecule has 2 N–H and O–H groups in total. The first kappa shape index (κ1) is 12.9. The molecular formula is C15H16ClNO. The lowest BCUT2D eigenvalue weighted by atomic mass is 10.1. The van der Waals surface area contributed by atoms with E-state index in [1.54, 1.807) is 0 Å². The fourth-order valence-corrected chi connectivity index (χ4v) is 1.87. The normalized spacial score (nSPS) is 12.2. The van der Waals surface area contributed by atoms with Gasteiger partial charge in [-0.2, -0.15) is 0 Å². The molecule has 2 aromatic rings. The van der Waals surface area contributed by atoms with Gasteiger partial charge in [0.05, 0.1) is 0 Å². The van der Waals surface area contributed by atoms with Gasteiger partial charge in [-0.25, -0.2) is 0 Å². The van der Waals surface area contributed by atoms with Crippen molar-refractivity contribution in [3.8, 4) is 11.5 Å². The highest BCUT2D eigenvalue weighted by Gasteiger charge is 2.08. The van der Waals surface area contributed by atoms with E-state index >= 15 is 0 Å². The summed E-state index contributed by atoms with van der Waals surface area (Å²) in [6.07, 6.45) is 0. The largest absolute Gasteiger partial charge is 0.457 e. The van der Waals surface area contributed by atoms with E-state index in [1.807, 2.05) is 56.3 Å².